The van der Waals surface area contributed by atoms with Crippen LogP contribution in [0.1, 0.15) is 5.56 Å². The summed E-state index contributed by atoms with van der Waals surface area (Å²) in [5.74, 6) is 0.770. The Balaban J connectivity index is 2.04. The number of ether oxygens (including phenoxy) is 1. The fourth-order valence-electron chi connectivity index (χ4n) is 1.36. The van der Waals surface area contributed by atoms with Crippen LogP contribution in [0, 0.1) is 0 Å². The third-order valence-electron chi connectivity index (χ3n) is 2.24. The topological polar surface area (TPSA) is 21.3 Å². The second kappa shape index (κ2) is 5.23. The van der Waals surface area contributed by atoms with Gasteiger partial charge in [-0.2, -0.15) is 11.3 Å². The third-order valence-corrected chi connectivity index (χ3v) is 3.28. The Morgan fingerprint density at radius 3 is 2.88 bits per heavy atom. The zero-order valence-electron chi connectivity index (χ0n) is 8.87. The maximum absolute atomic E-state index is 6.11. The van der Waals surface area contributed by atoms with E-state index >= 15 is 0 Å². The summed E-state index contributed by atoms with van der Waals surface area (Å²) in [6.07, 6.45) is 0. The van der Waals surface area contributed by atoms with E-state index in [9.17, 15) is 0 Å². The summed E-state index contributed by atoms with van der Waals surface area (Å²) in [5, 5.41) is 8.14. The fourth-order valence-corrected chi connectivity index (χ4v) is 2.26. The number of benzene rings is 1. The summed E-state index contributed by atoms with van der Waals surface area (Å²) in [5.41, 5.74) is 2.19. The Morgan fingerprint density at radius 2 is 2.25 bits per heavy atom. The molecule has 1 aromatic heterocycles. The molecule has 0 radical (unpaired) electrons. The van der Waals surface area contributed by atoms with Crippen LogP contribution in [0.3, 0.4) is 0 Å². The average molecular weight is 254 g/mol. The highest BCUT2D eigenvalue weighted by Gasteiger charge is 2.01. The Labute approximate surface area is 104 Å². The summed E-state index contributed by atoms with van der Waals surface area (Å²) in [4.78, 5) is 0. The number of hydrogen-bond donors (Lipinski definition) is 1. The van der Waals surface area contributed by atoms with Gasteiger partial charge in [-0.3, -0.25) is 0 Å². The molecule has 4 heteroatoms. The first-order valence-electron chi connectivity index (χ1n) is 4.88. The zero-order chi connectivity index (χ0) is 11.4. The highest BCUT2D eigenvalue weighted by Crippen LogP contribution is 2.27. The molecule has 1 N–H and O–H groups in total. The van der Waals surface area contributed by atoms with Crippen molar-refractivity contribution >= 4 is 28.6 Å². The molecule has 2 nitrogen and oxygen atoms in total. The molecule has 0 unspecified atom stereocenters. The van der Waals surface area contributed by atoms with Crippen molar-refractivity contribution in [2.24, 2.45) is 0 Å². The first kappa shape index (κ1) is 11.3. The molecule has 2 rings (SSSR count). The first-order valence-corrected chi connectivity index (χ1v) is 6.20. The quantitative estimate of drug-likeness (QED) is 0.889. The molecule has 1 heterocycles. The summed E-state index contributed by atoms with van der Waals surface area (Å²) in [6.45, 7) is 0.787. The smallest absolute Gasteiger partial charge is 0.120 e. The van der Waals surface area contributed by atoms with E-state index in [-0.39, 0.29) is 0 Å². The van der Waals surface area contributed by atoms with Gasteiger partial charge in [-0.05, 0) is 34.5 Å². The van der Waals surface area contributed by atoms with E-state index in [2.05, 4.69) is 22.1 Å². The van der Waals surface area contributed by atoms with Gasteiger partial charge in [0.1, 0.15) is 5.75 Å². The highest BCUT2D eigenvalue weighted by atomic mass is 35.5. The normalized spacial score (nSPS) is 10.1. The van der Waals surface area contributed by atoms with E-state index < -0.39 is 0 Å². The van der Waals surface area contributed by atoms with E-state index in [1.165, 1.54) is 5.56 Å². The minimum Gasteiger partial charge on any atom is -0.497 e. The number of anilines is 1. The molecule has 0 aliphatic rings. The second-order valence-corrected chi connectivity index (χ2v) is 4.52. The van der Waals surface area contributed by atoms with Crippen LogP contribution in [0.5, 0.6) is 5.75 Å². The molecule has 16 heavy (non-hydrogen) atoms. The predicted octanol–water partition coefficient (Wildman–Crippen LogP) is 4.02. The highest BCUT2D eigenvalue weighted by molar-refractivity contribution is 7.07. The molecule has 1 aromatic carbocycles. The fraction of sp³-hybridized carbons (Fsp3) is 0.167. The van der Waals surface area contributed by atoms with Crippen molar-refractivity contribution in [3.8, 4) is 5.75 Å². The number of rotatable bonds is 4. The van der Waals surface area contributed by atoms with Crippen molar-refractivity contribution in [1.82, 2.24) is 0 Å². The van der Waals surface area contributed by atoms with Gasteiger partial charge in [0.15, 0.2) is 0 Å². The summed E-state index contributed by atoms with van der Waals surface area (Å²) < 4.78 is 5.09. The van der Waals surface area contributed by atoms with Crippen LogP contribution < -0.4 is 10.1 Å². The zero-order valence-corrected chi connectivity index (χ0v) is 10.4. The van der Waals surface area contributed by atoms with Crippen molar-refractivity contribution in [3.63, 3.8) is 0 Å². The molecule has 0 aliphatic heterocycles. The maximum atomic E-state index is 6.11. The van der Waals surface area contributed by atoms with Crippen LogP contribution in [0.25, 0.3) is 0 Å². The standard InChI is InChI=1S/C12H12ClNOS/c1-15-10-2-3-12(11(13)6-10)14-7-9-4-5-16-8-9/h2-6,8,14H,7H2,1H3. The summed E-state index contributed by atoms with van der Waals surface area (Å²) >= 11 is 7.80. The van der Waals surface area contributed by atoms with Gasteiger partial charge in [-0.15, -0.1) is 0 Å². The van der Waals surface area contributed by atoms with Gasteiger partial charge in [0.25, 0.3) is 0 Å². The monoisotopic (exact) mass is 253 g/mol. The Morgan fingerprint density at radius 1 is 1.38 bits per heavy atom. The number of thiophene rings is 1. The molecule has 0 saturated carbocycles. The predicted molar refractivity (Wildman–Crippen MR) is 69.6 cm³/mol. The van der Waals surface area contributed by atoms with Crippen molar-refractivity contribution in [2.75, 3.05) is 12.4 Å². The van der Waals surface area contributed by atoms with Crippen LogP contribution in [0.2, 0.25) is 5.02 Å². The molecule has 0 saturated heterocycles. The average Bonchev–Trinajstić information content (AvgIpc) is 2.80. The number of halogens is 1. The largest absolute Gasteiger partial charge is 0.497 e. The van der Waals surface area contributed by atoms with Crippen molar-refractivity contribution in [2.45, 2.75) is 6.54 Å². The van der Waals surface area contributed by atoms with E-state index in [1.54, 1.807) is 24.5 Å². The maximum Gasteiger partial charge on any atom is 0.120 e. The van der Waals surface area contributed by atoms with Gasteiger partial charge in [-0.25, -0.2) is 0 Å². The molecule has 0 spiro atoms. The lowest BCUT2D eigenvalue weighted by atomic mass is 10.2. The van der Waals surface area contributed by atoms with E-state index in [4.69, 9.17) is 16.3 Å². The first-order chi connectivity index (χ1) is 7.79. The number of methoxy groups -OCH3 is 1. The Kier molecular flexibility index (Phi) is 3.70. The summed E-state index contributed by atoms with van der Waals surface area (Å²) in [6, 6.07) is 7.71. The summed E-state index contributed by atoms with van der Waals surface area (Å²) in [7, 11) is 1.63. The molecule has 84 valence electrons. The van der Waals surface area contributed by atoms with Gasteiger partial charge in [-0.1, -0.05) is 11.6 Å². The van der Waals surface area contributed by atoms with Gasteiger partial charge >= 0.3 is 0 Å². The van der Waals surface area contributed by atoms with Crippen LogP contribution in [0.15, 0.2) is 35.0 Å². The van der Waals surface area contributed by atoms with Crippen LogP contribution in [0.4, 0.5) is 5.69 Å². The van der Waals surface area contributed by atoms with E-state index in [1.807, 2.05) is 12.1 Å². The van der Waals surface area contributed by atoms with Crippen LogP contribution >= 0.6 is 22.9 Å². The molecular weight excluding hydrogens is 242 g/mol. The SMILES string of the molecule is COc1ccc(NCc2ccsc2)c(Cl)c1. The van der Waals surface area contributed by atoms with Crippen LogP contribution in [-0.4, -0.2) is 7.11 Å². The van der Waals surface area contributed by atoms with Crippen LogP contribution in [-0.2, 0) is 6.54 Å². The Bertz CT molecular complexity index is 456. The molecule has 2 aromatic rings. The number of hydrogen-bond acceptors (Lipinski definition) is 3. The van der Waals surface area contributed by atoms with E-state index in [0.29, 0.717) is 5.02 Å². The molecule has 0 amide bonds. The van der Waals surface area contributed by atoms with Crippen molar-refractivity contribution in [1.29, 1.82) is 0 Å². The Hall–Kier alpha value is -1.19. The molecule has 0 fully saturated rings. The van der Waals surface area contributed by atoms with Gasteiger partial charge in [0, 0.05) is 12.6 Å². The lowest BCUT2D eigenvalue weighted by Crippen LogP contribution is -1.98. The third kappa shape index (κ3) is 2.68. The second-order valence-electron chi connectivity index (χ2n) is 3.33. The van der Waals surface area contributed by atoms with E-state index in [0.717, 1.165) is 18.0 Å². The number of nitrogens with one attached hydrogen (secondary N) is 1. The van der Waals surface area contributed by atoms with Crippen molar-refractivity contribution < 1.29 is 4.74 Å². The molecule has 0 aliphatic carbocycles. The minimum absolute atomic E-state index is 0.676. The van der Waals surface area contributed by atoms with Crippen molar-refractivity contribution in [3.05, 3.63) is 45.6 Å². The molecular formula is C12H12ClNOS. The molecule has 0 atom stereocenters. The lowest BCUT2D eigenvalue weighted by molar-refractivity contribution is 0.415. The van der Waals surface area contributed by atoms with Gasteiger partial charge < -0.3 is 10.1 Å². The van der Waals surface area contributed by atoms with Gasteiger partial charge in [0.05, 0.1) is 17.8 Å². The lowest BCUT2D eigenvalue weighted by Gasteiger charge is -2.08. The van der Waals surface area contributed by atoms with Gasteiger partial charge in [0.2, 0.25) is 0 Å². The minimum atomic E-state index is 0.676. The molecule has 0 bridgehead atoms.